The maximum absolute atomic E-state index is 5.36. The molecule has 0 fully saturated rings. The summed E-state index contributed by atoms with van der Waals surface area (Å²) in [5, 5.41) is 7.69. The first-order chi connectivity index (χ1) is 32.2. The quantitative estimate of drug-likeness (QED) is 0.150. The summed E-state index contributed by atoms with van der Waals surface area (Å²) in [5.74, 6) is 1.90. The number of rotatable bonds is 7. The van der Waals surface area contributed by atoms with Crippen LogP contribution in [-0.2, 0) is 5.41 Å². The molecule has 3 nitrogen and oxygen atoms in total. The van der Waals surface area contributed by atoms with E-state index in [-0.39, 0.29) is 0 Å². The highest BCUT2D eigenvalue weighted by Gasteiger charge is 2.47. The van der Waals surface area contributed by atoms with Crippen LogP contribution < -0.4 is 0 Å². The second-order valence-electron chi connectivity index (χ2n) is 17.1. The molecule has 1 aliphatic rings. The van der Waals surface area contributed by atoms with E-state index >= 15 is 0 Å². The number of aromatic nitrogens is 3. The lowest BCUT2D eigenvalue weighted by Crippen LogP contribution is -2.28. The fourth-order valence-corrected chi connectivity index (χ4v) is 10.7. The largest absolute Gasteiger partial charge is 0.208 e. The molecule has 0 bridgehead atoms. The Morgan fingerprint density at radius 2 is 0.754 bits per heavy atom. The minimum absolute atomic E-state index is 0.631. The Kier molecular flexibility index (Phi) is 8.44. The lowest BCUT2D eigenvalue weighted by molar-refractivity contribution is 0.769. The Morgan fingerprint density at radius 1 is 0.277 bits per heavy atom. The third-order valence-corrected chi connectivity index (χ3v) is 13.6. The molecule has 65 heavy (non-hydrogen) atoms. The molecule has 1 heterocycles. The van der Waals surface area contributed by atoms with E-state index in [9.17, 15) is 0 Å². The topological polar surface area (TPSA) is 38.7 Å². The van der Waals surface area contributed by atoms with Gasteiger partial charge >= 0.3 is 0 Å². The van der Waals surface area contributed by atoms with Gasteiger partial charge in [0, 0.05) is 16.7 Å². The van der Waals surface area contributed by atoms with Gasteiger partial charge in [-0.15, -0.1) is 0 Å². The zero-order valence-electron chi connectivity index (χ0n) is 35.4. The van der Waals surface area contributed by atoms with Crippen molar-refractivity contribution in [2.45, 2.75) is 5.41 Å². The van der Waals surface area contributed by atoms with Crippen molar-refractivity contribution in [1.82, 2.24) is 15.0 Å². The number of hydrogen-bond donors (Lipinski definition) is 0. The second-order valence-corrected chi connectivity index (χ2v) is 17.1. The van der Waals surface area contributed by atoms with Gasteiger partial charge in [-0.1, -0.05) is 231 Å². The van der Waals surface area contributed by atoms with E-state index in [4.69, 9.17) is 15.0 Å². The molecule has 0 saturated carbocycles. The summed E-state index contributed by atoms with van der Waals surface area (Å²) in [5.41, 5.74) is 14.0. The fraction of sp³-hybridized carbons (Fsp3) is 0.0161. The number of hydrogen-bond acceptors (Lipinski definition) is 3. The molecule has 13 rings (SSSR count). The molecule has 1 aromatic heterocycles. The van der Waals surface area contributed by atoms with E-state index in [1.165, 1.54) is 76.8 Å². The third kappa shape index (κ3) is 5.79. The molecular weight excluding hydrogens is 787 g/mol. The Morgan fingerprint density at radius 3 is 1.42 bits per heavy atom. The van der Waals surface area contributed by atoms with Crippen LogP contribution in [0.1, 0.15) is 22.3 Å². The number of fused-ring (bicyclic) bond motifs is 3. The molecule has 0 atom stereocenters. The van der Waals surface area contributed by atoms with Crippen molar-refractivity contribution in [3.8, 4) is 67.5 Å². The summed E-state index contributed by atoms with van der Waals surface area (Å²) < 4.78 is 0. The molecule has 0 N–H and O–H groups in total. The molecule has 11 aromatic carbocycles. The van der Waals surface area contributed by atoms with Gasteiger partial charge in [0.15, 0.2) is 17.5 Å². The highest BCUT2D eigenvalue weighted by molar-refractivity contribution is 6.25. The molecule has 0 aliphatic heterocycles. The molecule has 0 unspecified atom stereocenters. The van der Waals surface area contributed by atoms with Crippen molar-refractivity contribution in [2.24, 2.45) is 0 Å². The summed E-state index contributed by atoms with van der Waals surface area (Å²) >= 11 is 0. The first-order valence-electron chi connectivity index (χ1n) is 22.3. The summed E-state index contributed by atoms with van der Waals surface area (Å²) in [6.07, 6.45) is 0. The molecular formula is C62H39N3. The summed E-state index contributed by atoms with van der Waals surface area (Å²) in [6.45, 7) is 0. The molecule has 1 aliphatic carbocycles. The number of benzene rings is 11. The van der Waals surface area contributed by atoms with Crippen LogP contribution in [0.2, 0.25) is 0 Å². The third-order valence-electron chi connectivity index (χ3n) is 13.6. The van der Waals surface area contributed by atoms with Crippen molar-refractivity contribution in [3.63, 3.8) is 0 Å². The molecule has 302 valence electrons. The maximum atomic E-state index is 5.36. The Balaban J connectivity index is 1.07. The van der Waals surface area contributed by atoms with Crippen molar-refractivity contribution in [1.29, 1.82) is 0 Å². The maximum Gasteiger partial charge on any atom is 0.164 e. The predicted molar refractivity (Wildman–Crippen MR) is 268 cm³/mol. The van der Waals surface area contributed by atoms with Gasteiger partial charge in [0.2, 0.25) is 0 Å². The highest BCUT2D eigenvalue weighted by Crippen LogP contribution is 2.59. The monoisotopic (exact) mass is 825 g/mol. The lowest BCUT2D eigenvalue weighted by Gasteiger charge is -2.34. The molecule has 0 radical (unpaired) electrons. The minimum Gasteiger partial charge on any atom is -0.208 e. The molecule has 0 amide bonds. The van der Waals surface area contributed by atoms with Gasteiger partial charge in [0.1, 0.15) is 0 Å². The molecule has 3 heteroatoms. The predicted octanol–water partition coefficient (Wildman–Crippen LogP) is 15.5. The van der Waals surface area contributed by atoms with Crippen molar-refractivity contribution in [2.75, 3.05) is 0 Å². The molecule has 0 spiro atoms. The summed E-state index contributed by atoms with van der Waals surface area (Å²) in [4.78, 5) is 15.8. The zero-order chi connectivity index (χ0) is 42.9. The Bertz CT molecular complexity index is 3680. The zero-order valence-corrected chi connectivity index (χ0v) is 35.4. The van der Waals surface area contributed by atoms with Crippen molar-refractivity contribution in [3.05, 3.63) is 259 Å². The van der Waals surface area contributed by atoms with Gasteiger partial charge < -0.3 is 0 Å². The van der Waals surface area contributed by atoms with Crippen LogP contribution in [0.15, 0.2) is 237 Å². The first-order valence-corrected chi connectivity index (χ1v) is 22.3. The van der Waals surface area contributed by atoms with Crippen LogP contribution in [0, 0.1) is 0 Å². The van der Waals surface area contributed by atoms with Crippen LogP contribution in [0.5, 0.6) is 0 Å². The normalized spacial score (nSPS) is 12.7. The van der Waals surface area contributed by atoms with E-state index < -0.39 is 5.41 Å². The average molecular weight is 826 g/mol. The summed E-state index contributed by atoms with van der Waals surface area (Å²) in [6, 6.07) is 85.5. The van der Waals surface area contributed by atoms with Crippen LogP contribution >= 0.6 is 0 Å². The first kappa shape index (κ1) is 37.1. The van der Waals surface area contributed by atoms with Crippen LogP contribution in [0.3, 0.4) is 0 Å². The van der Waals surface area contributed by atoms with Crippen LogP contribution in [0.4, 0.5) is 0 Å². The van der Waals surface area contributed by atoms with Crippen LogP contribution in [-0.4, -0.2) is 15.0 Å². The second kappa shape index (κ2) is 14.8. The number of nitrogens with zero attached hydrogens (tertiary/aromatic N) is 3. The van der Waals surface area contributed by atoms with Crippen molar-refractivity contribution < 1.29 is 0 Å². The average Bonchev–Trinajstić information content (AvgIpc) is 3.69. The molecule has 0 saturated heterocycles. The lowest BCUT2D eigenvalue weighted by atomic mass is 9.67. The van der Waals surface area contributed by atoms with E-state index in [0.717, 1.165) is 27.8 Å². The van der Waals surface area contributed by atoms with E-state index in [1.807, 2.05) is 24.3 Å². The molecule has 12 aromatic rings. The highest BCUT2D eigenvalue weighted by atomic mass is 15.0. The Labute approximate surface area is 377 Å². The SMILES string of the molecule is c1ccc(-c2ccc(-c3nc(-c4ccccc4)nc(-c4cccc5c4-c4ccc(-c6ccc7ccc8cccc9ccc6c7c89)cc4C5(c4ccccc4)c4ccccc4)n3)cc2)cc1. The van der Waals surface area contributed by atoms with Gasteiger partial charge in [-0.05, 0) is 94.0 Å². The summed E-state index contributed by atoms with van der Waals surface area (Å²) in [7, 11) is 0. The van der Waals surface area contributed by atoms with Gasteiger partial charge in [0.05, 0.1) is 5.41 Å². The van der Waals surface area contributed by atoms with E-state index in [2.05, 4.69) is 212 Å². The van der Waals surface area contributed by atoms with Crippen LogP contribution in [0.25, 0.3) is 99.9 Å². The smallest absolute Gasteiger partial charge is 0.164 e. The van der Waals surface area contributed by atoms with E-state index in [0.29, 0.717) is 17.5 Å². The van der Waals surface area contributed by atoms with Crippen molar-refractivity contribution >= 4 is 32.3 Å². The van der Waals surface area contributed by atoms with Gasteiger partial charge in [-0.3, -0.25) is 0 Å². The van der Waals surface area contributed by atoms with Gasteiger partial charge in [-0.2, -0.15) is 0 Å². The standard InChI is InChI=1S/C62H39N3/c1-5-15-40(16-6-1)41-27-31-46(32-28-41)60-63-59(45-17-7-2-8-18-45)64-61(65-60)53-25-14-26-54-58(53)52-38-35-47(39-55(52)62(54,48-21-9-3-10-22-48)49-23-11-4-12-24-49)50-36-33-44-30-29-42-19-13-20-43-34-37-51(50)57(44)56(42)43/h1-39H. The van der Waals surface area contributed by atoms with Gasteiger partial charge in [-0.25, -0.2) is 15.0 Å². The fourth-order valence-electron chi connectivity index (χ4n) is 10.7. The minimum atomic E-state index is -0.644. The Hall–Kier alpha value is -8.53. The van der Waals surface area contributed by atoms with Gasteiger partial charge in [0.25, 0.3) is 0 Å². The van der Waals surface area contributed by atoms with E-state index in [1.54, 1.807) is 0 Å².